The van der Waals surface area contributed by atoms with Crippen LogP contribution in [0.2, 0.25) is 5.02 Å². The summed E-state index contributed by atoms with van der Waals surface area (Å²) in [7, 11) is 0. The van der Waals surface area contributed by atoms with Crippen LogP contribution < -0.4 is 5.73 Å². The molecule has 1 aliphatic rings. The van der Waals surface area contributed by atoms with Gasteiger partial charge in [0, 0.05) is 29.2 Å². The molecule has 2 aromatic rings. The molecule has 1 fully saturated rings. The van der Waals surface area contributed by atoms with Crippen LogP contribution in [0, 0.1) is 11.8 Å². The predicted octanol–water partition coefficient (Wildman–Crippen LogP) is 3.84. The first-order chi connectivity index (χ1) is 12.9. The Morgan fingerprint density at radius 1 is 1.22 bits per heavy atom. The topological polar surface area (TPSA) is 111 Å². The molecule has 0 spiro atoms. The highest BCUT2D eigenvalue weighted by Gasteiger charge is 2.47. The summed E-state index contributed by atoms with van der Waals surface area (Å²) >= 11 is 6.15. The molecule has 3 rings (SSSR count). The van der Waals surface area contributed by atoms with Gasteiger partial charge in [0.05, 0.1) is 11.3 Å². The molecule has 6 nitrogen and oxygen atoms in total. The number of nitrogens with two attached hydrogens (primary N) is 1. The SMILES string of the molecule is N[C@@H](CCCCCC(=O)[C@H]1C[C@@H]1C(=O)c1cc(Cl)c2occc2c1)C(=O)O. The summed E-state index contributed by atoms with van der Waals surface area (Å²) in [5, 5.41) is 9.89. The maximum Gasteiger partial charge on any atom is 0.320 e. The van der Waals surface area contributed by atoms with Crippen molar-refractivity contribution in [2.45, 2.75) is 44.6 Å². The minimum absolute atomic E-state index is 0.0502. The largest absolute Gasteiger partial charge is 0.480 e. The van der Waals surface area contributed by atoms with E-state index in [4.69, 9.17) is 26.9 Å². The van der Waals surface area contributed by atoms with E-state index in [1.165, 1.54) is 6.26 Å². The molecule has 7 heteroatoms. The molecule has 1 saturated carbocycles. The molecule has 1 aromatic carbocycles. The van der Waals surface area contributed by atoms with Crippen molar-refractivity contribution in [3.63, 3.8) is 0 Å². The van der Waals surface area contributed by atoms with E-state index < -0.39 is 12.0 Å². The Morgan fingerprint density at radius 2 is 2.00 bits per heavy atom. The maximum absolute atomic E-state index is 12.6. The molecule has 3 atom stereocenters. The number of carboxylic acids is 1. The van der Waals surface area contributed by atoms with Crippen LogP contribution in [0.5, 0.6) is 0 Å². The van der Waals surface area contributed by atoms with Crippen LogP contribution in [0.4, 0.5) is 0 Å². The van der Waals surface area contributed by atoms with Crippen LogP contribution in [0.15, 0.2) is 28.9 Å². The van der Waals surface area contributed by atoms with Gasteiger partial charge in [-0.3, -0.25) is 14.4 Å². The summed E-state index contributed by atoms with van der Waals surface area (Å²) < 4.78 is 5.27. The molecule has 1 aliphatic carbocycles. The van der Waals surface area contributed by atoms with E-state index in [-0.39, 0.29) is 23.4 Å². The van der Waals surface area contributed by atoms with Crippen molar-refractivity contribution in [2.75, 3.05) is 0 Å². The van der Waals surface area contributed by atoms with Crippen LogP contribution in [0.3, 0.4) is 0 Å². The van der Waals surface area contributed by atoms with Gasteiger partial charge in [-0.05, 0) is 37.5 Å². The number of carbonyl (C=O) groups excluding carboxylic acids is 2. The fraction of sp³-hybridized carbons (Fsp3) is 0.450. The quantitative estimate of drug-likeness (QED) is 0.470. The number of rotatable bonds is 10. The zero-order valence-electron chi connectivity index (χ0n) is 14.8. The molecule has 1 heterocycles. The third-order valence-electron chi connectivity index (χ3n) is 5.09. The zero-order chi connectivity index (χ0) is 19.6. The summed E-state index contributed by atoms with van der Waals surface area (Å²) in [6.45, 7) is 0. The smallest absolute Gasteiger partial charge is 0.320 e. The van der Waals surface area contributed by atoms with Crippen LogP contribution in [-0.4, -0.2) is 28.7 Å². The monoisotopic (exact) mass is 391 g/mol. The minimum Gasteiger partial charge on any atom is -0.480 e. The minimum atomic E-state index is -1.00. The lowest BCUT2D eigenvalue weighted by Gasteiger charge is -2.05. The summed E-state index contributed by atoms with van der Waals surface area (Å²) in [5.41, 5.74) is 6.51. The number of Topliss-reactive ketones (excluding diaryl/α,β-unsaturated/α-hetero) is 2. The van der Waals surface area contributed by atoms with E-state index in [1.54, 1.807) is 18.2 Å². The first-order valence-corrected chi connectivity index (χ1v) is 9.48. The van der Waals surface area contributed by atoms with Crippen molar-refractivity contribution >= 4 is 40.1 Å². The van der Waals surface area contributed by atoms with Crippen molar-refractivity contribution in [3.05, 3.63) is 35.0 Å². The lowest BCUT2D eigenvalue weighted by atomic mass is 10.0. The highest BCUT2D eigenvalue weighted by Crippen LogP contribution is 2.43. The van der Waals surface area contributed by atoms with E-state index in [2.05, 4.69) is 0 Å². The molecule has 0 radical (unpaired) electrons. The molecule has 27 heavy (non-hydrogen) atoms. The number of carboxylic acid groups (broad SMARTS) is 1. The molecule has 3 N–H and O–H groups in total. The summed E-state index contributed by atoms with van der Waals surface area (Å²) in [5.74, 6) is -1.42. The Hall–Kier alpha value is -2.18. The predicted molar refractivity (Wildman–Crippen MR) is 101 cm³/mol. The van der Waals surface area contributed by atoms with Gasteiger partial charge in [0.15, 0.2) is 11.4 Å². The summed E-state index contributed by atoms with van der Waals surface area (Å²) in [4.78, 5) is 35.6. The average Bonchev–Trinajstić information content (AvgIpc) is 3.29. The molecule has 0 bridgehead atoms. The van der Waals surface area contributed by atoms with Gasteiger partial charge in [0.1, 0.15) is 11.8 Å². The standard InChI is InChI=1S/C20H22ClNO5/c21-15-9-12(8-11-6-7-27-19(11)15)18(24)14-10-13(14)17(23)5-3-1-2-4-16(22)20(25)26/h6-9,13-14,16H,1-5,10,22H2,(H,25,26)/t13-,14-,16-/m0/s1. The summed E-state index contributed by atoms with van der Waals surface area (Å²) in [6, 6.07) is 4.26. The molecule has 0 aliphatic heterocycles. The normalized spacial score (nSPS) is 19.8. The fourth-order valence-corrected chi connectivity index (χ4v) is 3.66. The number of benzene rings is 1. The second-order valence-corrected chi connectivity index (χ2v) is 7.53. The molecule has 0 unspecified atom stereocenters. The third-order valence-corrected chi connectivity index (χ3v) is 5.37. The first kappa shape index (κ1) is 19.6. The number of carbonyl (C=O) groups is 3. The lowest BCUT2D eigenvalue weighted by Crippen LogP contribution is -2.29. The highest BCUT2D eigenvalue weighted by molar-refractivity contribution is 6.35. The van der Waals surface area contributed by atoms with E-state index in [1.807, 2.05) is 0 Å². The van der Waals surface area contributed by atoms with Crippen molar-refractivity contribution in [1.82, 2.24) is 0 Å². The van der Waals surface area contributed by atoms with Crippen LogP contribution >= 0.6 is 11.6 Å². The van der Waals surface area contributed by atoms with Gasteiger partial charge < -0.3 is 15.3 Å². The van der Waals surface area contributed by atoms with Crippen LogP contribution in [0.1, 0.15) is 48.9 Å². The summed E-state index contributed by atoms with van der Waals surface area (Å²) in [6.07, 6.45) is 5.06. The first-order valence-electron chi connectivity index (χ1n) is 9.10. The van der Waals surface area contributed by atoms with Crippen molar-refractivity contribution in [3.8, 4) is 0 Å². The Bertz CT molecular complexity index is 874. The van der Waals surface area contributed by atoms with Gasteiger partial charge in [0.2, 0.25) is 0 Å². The van der Waals surface area contributed by atoms with Crippen molar-refractivity contribution < 1.29 is 23.9 Å². The van der Waals surface area contributed by atoms with E-state index >= 15 is 0 Å². The maximum atomic E-state index is 12.6. The van der Waals surface area contributed by atoms with E-state index in [0.29, 0.717) is 48.3 Å². The van der Waals surface area contributed by atoms with Crippen LogP contribution in [-0.2, 0) is 9.59 Å². The van der Waals surface area contributed by atoms with Gasteiger partial charge in [-0.15, -0.1) is 0 Å². The third kappa shape index (κ3) is 4.57. The Balaban J connectivity index is 1.46. The van der Waals surface area contributed by atoms with Crippen molar-refractivity contribution in [2.24, 2.45) is 17.6 Å². The highest BCUT2D eigenvalue weighted by atomic mass is 35.5. The van der Waals surface area contributed by atoms with Gasteiger partial charge in [-0.1, -0.05) is 24.4 Å². The lowest BCUT2D eigenvalue weighted by molar-refractivity contribution is -0.138. The van der Waals surface area contributed by atoms with Gasteiger partial charge in [-0.2, -0.15) is 0 Å². The van der Waals surface area contributed by atoms with Gasteiger partial charge >= 0.3 is 5.97 Å². The second-order valence-electron chi connectivity index (χ2n) is 7.12. The van der Waals surface area contributed by atoms with Gasteiger partial charge in [-0.25, -0.2) is 0 Å². The number of unbranched alkanes of at least 4 members (excludes halogenated alkanes) is 2. The Morgan fingerprint density at radius 3 is 2.74 bits per heavy atom. The average molecular weight is 392 g/mol. The number of halogens is 1. The zero-order valence-corrected chi connectivity index (χ0v) is 15.6. The number of hydrogen-bond donors (Lipinski definition) is 2. The number of fused-ring (bicyclic) bond motifs is 1. The van der Waals surface area contributed by atoms with E-state index in [9.17, 15) is 14.4 Å². The van der Waals surface area contributed by atoms with Crippen LogP contribution in [0.25, 0.3) is 11.0 Å². The number of aliphatic carboxylic acids is 1. The Kier molecular flexibility index (Phi) is 5.97. The molecular formula is C20H22ClNO5. The fourth-order valence-electron chi connectivity index (χ4n) is 3.38. The molecule has 144 valence electrons. The molecule has 0 saturated heterocycles. The Labute approximate surface area is 161 Å². The van der Waals surface area contributed by atoms with E-state index in [0.717, 1.165) is 11.8 Å². The number of hydrogen-bond acceptors (Lipinski definition) is 5. The molecule has 0 amide bonds. The number of furan rings is 1. The second kappa shape index (κ2) is 8.23. The van der Waals surface area contributed by atoms with Gasteiger partial charge in [0.25, 0.3) is 0 Å². The number of ketones is 2. The molecular weight excluding hydrogens is 370 g/mol. The van der Waals surface area contributed by atoms with Crippen molar-refractivity contribution in [1.29, 1.82) is 0 Å². The molecule has 1 aromatic heterocycles.